The van der Waals surface area contributed by atoms with E-state index in [0.29, 0.717) is 24.5 Å². The van der Waals surface area contributed by atoms with Gasteiger partial charge in [0.05, 0.1) is 18.8 Å². The van der Waals surface area contributed by atoms with E-state index in [1.165, 1.54) is 44.9 Å². The van der Waals surface area contributed by atoms with Crippen LogP contribution in [0.15, 0.2) is 72.8 Å². The summed E-state index contributed by atoms with van der Waals surface area (Å²) in [4.78, 5) is 15.0. The van der Waals surface area contributed by atoms with Crippen LogP contribution in [-0.4, -0.2) is 43.7 Å². The van der Waals surface area contributed by atoms with E-state index in [1.807, 2.05) is 48.5 Å². The summed E-state index contributed by atoms with van der Waals surface area (Å²) in [5.41, 5.74) is 2.64. The lowest BCUT2D eigenvalue weighted by Gasteiger charge is -2.17. The minimum absolute atomic E-state index is 0.380. The zero-order chi connectivity index (χ0) is 29.1. The number of unbranched alkanes of at least 4 members (excludes halogenated alkanes) is 7. The molecular weight excluding hydrogens is 510 g/mol. The zero-order valence-electron chi connectivity index (χ0n) is 25.4. The Labute approximate surface area is 247 Å². The predicted molar refractivity (Wildman–Crippen MR) is 169 cm³/mol. The fraction of sp³-hybridized carbons (Fsp3) is 0.472. The van der Waals surface area contributed by atoms with Crippen LogP contribution in [0.4, 0.5) is 0 Å². The van der Waals surface area contributed by atoms with E-state index >= 15 is 0 Å². The molecule has 5 heteroatoms. The number of hydrogen-bond donors (Lipinski definition) is 0. The number of carbonyl (C=O) groups is 1. The third-order valence-corrected chi connectivity index (χ3v) is 7.39. The molecule has 3 aromatic rings. The number of hydrogen-bond acceptors (Lipinski definition) is 5. The average Bonchev–Trinajstić information content (AvgIpc) is 3.01. The van der Waals surface area contributed by atoms with Crippen LogP contribution < -0.4 is 14.2 Å². The third kappa shape index (κ3) is 12.0. The van der Waals surface area contributed by atoms with Crippen molar-refractivity contribution in [3.63, 3.8) is 0 Å². The molecule has 0 spiro atoms. The van der Waals surface area contributed by atoms with Crippen molar-refractivity contribution in [2.75, 3.05) is 32.8 Å². The maximum Gasteiger partial charge on any atom is 0.343 e. The second-order valence-corrected chi connectivity index (χ2v) is 10.5. The van der Waals surface area contributed by atoms with Crippen molar-refractivity contribution >= 4 is 5.97 Å². The van der Waals surface area contributed by atoms with E-state index in [4.69, 9.17) is 14.2 Å². The van der Waals surface area contributed by atoms with Crippen molar-refractivity contribution in [1.29, 1.82) is 0 Å². The first-order valence-corrected chi connectivity index (χ1v) is 15.6. The maximum absolute atomic E-state index is 12.6. The summed E-state index contributed by atoms with van der Waals surface area (Å²) in [6.07, 6.45) is 11.2. The van der Waals surface area contributed by atoms with Crippen molar-refractivity contribution in [3.8, 4) is 28.4 Å². The molecule has 0 saturated carbocycles. The van der Waals surface area contributed by atoms with Gasteiger partial charge in [-0.2, -0.15) is 0 Å². The molecule has 0 heterocycles. The number of esters is 1. The summed E-state index contributed by atoms with van der Waals surface area (Å²) < 4.78 is 17.3. The molecule has 0 aromatic heterocycles. The van der Waals surface area contributed by atoms with Crippen LogP contribution in [0, 0.1) is 0 Å². The van der Waals surface area contributed by atoms with Crippen LogP contribution in [0.2, 0.25) is 0 Å². The number of carbonyl (C=O) groups excluding carboxylic acids is 1. The highest BCUT2D eigenvalue weighted by Gasteiger charge is 2.10. The molecule has 41 heavy (non-hydrogen) atoms. The predicted octanol–water partition coefficient (Wildman–Crippen LogP) is 9.20. The topological polar surface area (TPSA) is 48.0 Å². The standard InChI is InChI=1S/C36H49NO4/c1-4-7-8-9-10-11-12-13-28-39-34-23-19-32(20-24-34)36(38)41-35-25-17-31(18-26-35)30-15-21-33(22-16-30)40-29-14-27-37(5-2)6-3/h15-26H,4-14,27-29H2,1-3H3. The fourth-order valence-corrected chi connectivity index (χ4v) is 4.76. The molecule has 0 amide bonds. The number of nitrogens with zero attached hydrogens (tertiary/aromatic N) is 1. The van der Waals surface area contributed by atoms with Gasteiger partial charge in [0.1, 0.15) is 17.2 Å². The molecule has 5 nitrogen and oxygen atoms in total. The van der Waals surface area contributed by atoms with Crippen LogP contribution >= 0.6 is 0 Å². The number of benzene rings is 3. The van der Waals surface area contributed by atoms with Crippen LogP contribution in [0.5, 0.6) is 17.2 Å². The maximum atomic E-state index is 12.6. The Morgan fingerprint density at radius 2 is 1.02 bits per heavy atom. The van der Waals surface area contributed by atoms with Gasteiger partial charge in [0.2, 0.25) is 0 Å². The van der Waals surface area contributed by atoms with Crippen molar-refractivity contribution < 1.29 is 19.0 Å². The van der Waals surface area contributed by atoms with Crippen molar-refractivity contribution in [1.82, 2.24) is 4.90 Å². The quantitative estimate of drug-likeness (QED) is 0.0784. The van der Waals surface area contributed by atoms with Gasteiger partial charge in [-0.1, -0.05) is 90.0 Å². The van der Waals surface area contributed by atoms with Crippen molar-refractivity contribution in [3.05, 3.63) is 78.4 Å². The average molecular weight is 560 g/mol. The fourth-order valence-electron chi connectivity index (χ4n) is 4.76. The molecule has 0 radical (unpaired) electrons. The van der Waals surface area contributed by atoms with Crippen LogP contribution in [0.25, 0.3) is 11.1 Å². The molecular formula is C36H49NO4. The Morgan fingerprint density at radius 1 is 0.561 bits per heavy atom. The van der Waals surface area contributed by atoms with E-state index in [0.717, 1.165) is 55.1 Å². The Bertz CT molecular complexity index is 1110. The molecule has 0 N–H and O–H groups in total. The first-order valence-electron chi connectivity index (χ1n) is 15.6. The Kier molecular flexibility index (Phi) is 14.9. The molecule has 0 aliphatic rings. The van der Waals surface area contributed by atoms with Crippen LogP contribution in [0.3, 0.4) is 0 Å². The third-order valence-electron chi connectivity index (χ3n) is 7.39. The molecule has 0 atom stereocenters. The van der Waals surface area contributed by atoms with Gasteiger partial charge in [0.25, 0.3) is 0 Å². The summed E-state index contributed by atoms with van der Waals surface area (Å²) in [6, 6.07) is 22.9. The summed E-state index contributed by atoms with van der Waals surface area (Å²) >= 11 is 0. The molecule has 0 aliphatic carbocycles. The first-order chi connectivity index (χ1) is 20.1. The highest BCUT2D eigenvalue weighted by atomic mass is 16.5. The molecule has 3 rings (SSSR count). The van der Waals surface area contributed by atoms with Gasteiger partial charge in [-0.25, -0.2) is 4.79 Å². The molecule has 3 aromatic carbocycles. The second kappa shape index (κ2) is 18.9. The van der Waals surface area contributed by atoms with Crippen molar-refractivity contribution in [2.24, 2.45) is 0 Å². The Balaban J connectivity index is 1.38. The summed E-state index contributed by atoms with van der Waals surface area (Å²) in [7, 11) is 0. The minimum atomic E-state index is -0.380. The lowest BCUT2D eigenvalue weighted by molar-refractivity contribution is 0.0734. The number of rotatable bonds is 20. The van der Waals surface area contributed by atoms with Crippen LogP contribution in [0.1, 0.15) is 88.9 Å². The smallest absolute Gasteiger partial charge is 0.343 e. The SMILES string of the molecule is CCCCCCCCCCOc1ccc(C(=O)Oc2ccc(-c3ccc(OCCCN(CC)CC)cc3)cc2)cc1. The molecule has 0 aliphatic heterocycles. The van der Waals surface area contributed by atoms with Gasteiger partial charge in [0, 0.05) is 6.54 Å². The first kappa shape index (κ1) is 32.2. The molecule has 0 saturated heterocycles. The van der Waals surface area contributed by atoms with Gasteiger partial charge in [-0.05, 0) is 85.6 Å². The van der Waals surface area contributed by atoms with E-state index in [2.05, 4.69) is 37.8 Å². The van der Waals surface area contributed by atoms with E-state index in [1.54, 1.807) is 12.1 Å². The normalized spacial score (nSPS) is 11.0. The van der Waals surface area contributed by atoms with Gasteiger partial charge in [-0.15, -0.1) is 0 Å². The summed E-state index contributed by atoms with van der Waals surface area (Å²) in [6.45, 7) is 11.2. The molecule has 0 bridgehead atoms. The van der Waals surface area contributed by atoms with Gasteiger partial charge >= 0.3 is 5.97 Å². The molecule has 0 unspecified atom stereocenters. The highest BCUT2D eigenvalue weighted by molar-refractivity contribution is 5.91. The highest BCUT2D eigenvalue weighted by Crippen LogP contribution is 2.25. The van der Waals surface area contributed by atoms with Crippen LogP contribution in [-0.2, 0) is 0 Å². The lowest BCUT2D eigenvalue weighted by Crippen LogP contribution is -2.25. The minimum Gasteiger partial charge on any atom is -0.494 e. The monoisotopic (exact) mass is 559 g/mol. The van der Waals surface area contributed by atoms with E-state index in [9.17, 15) is 4.79 Å². The zero-order valence-corrected chi connectivity index (χ0v) is 25.4. The van der Waals surface area contributed by atoms with Crippen molar-refractivity contribution in [2.45, 2.75) is 78.6 Å². The van der Waals surface area contributed by atoms with E-state index in [-0.39, 0.29) is 5.97 Å². The summed E-state index contributed by atoms with van der Waals surface area (Å²) in [5.74, 6) is 1.80. The summed E-state index contributed by atoms with van der Waals surface area (Å²) in [5, 5.41) is 0. The molecule has 222 valence electrons. The Hall–Kier alpha value is -3.31. The largest absolute Gasteiger partial charge is 0.494 e. The van der Waals surface area contributed by atoms with Gasteiger partial charge in [-0.3, -0.25) is 0 Å². The lowest BCUT2D eigenvalue weighted by atomic mass is 10.1. The second-order valence-electron chi connectivity index (χ2n) is 10.5. The Morgan fingerprint density at radius 3 is 1.56 bits per heavy atom. The van der Waals surface area contributed by atoms with Gasteiger partial charge in [0.15, 0.2) is 0 Å². The van der Waals surface area contributed by atoms with Gasteiger partial charge < -0.3 is 19.1 Å². The number of ether oxygens (including phenoxy) is 3. The molecule has 0 fully saturated rings. The van der Waals surface area contributed by atoms with E-state index < -0.39 is 0 Å².